The predicted molar refractivity (Wildman–Crippen MR) is 101 cm³/mol. The number of carboxylic acids is 1. The van der Waals surface area contributed by atoms with E-state index in [9.17, 15) is 19.1 Å². The molecule has 1 aliphatic rings. The maximum absolute atomic E-state index is 13.1. The molecule has 0 saturated carbocycles. The van der Waals surface area contributed by atoms with E-state index >= 15 is 0 Å². The summed E-state index contributed by atoms with van der Waals surface area (Å²) in [5, 5.41) is 20.5. The van der Waals surface area contributed by atoms with Gasteiger partial charge in [-0.2, -0.15) is 0 Å². The van der Waals surface area contributed by atoms with Crippen molar-refractivity contribution in [2.45, 2.75) is 13.5 Å². The van der Waals surface area contributed by atoms with Crippen molar-refractivity contribution in [1.29, 1.82) is 5.41 Å². The molecule has 2 heterocycles. The highest BCUT2D eigenvalue weighted by molar-refractivity contribution is 6.41. The van der Waals surface area contributed by atoms with Gasteiger partial charge in [-0.1, -0.05) is 19.1 Å². The summed E-state index contributed by atoms with van der Waals surface area (Å²) in [5.41, 5.74) is 1.58. The molecule has 1 aromatic heterocycles. The van der Waals surface area contributed by atoms with Crippen molar-refractivity contribution < 1.29 is 19.1 Å². The Balaban J connectivity index is 1.85. The second-order valence-electron chi connectivity index (χ2n) is 6.72. The van der Waals surface area contributed by atoms with E-state index in [0.29, 0.717) is 24.5 Å². The van der Waals surface area contributed by atoms with Crippen LogP contribution in [0.2, 0.25) is 0 Å². The van der Waals surface area contributed by atoms with E-state index in [2.05, 4.69) is 10.3 Å². The number of aliphatic carboxylic acids is 1. The lowest BCUT2D eigenvalue weighted by atomic mass is 9.93. The highest BCUT2D eigenvalue weighted by atomic mass is 19.1. The van der Waals surface area contributed by atoms with Gasteiger partial charge in [-0.15, -0.1) is 0 Å². The molecule has 1 amide bonds. The van der Waals surface area contributed by atoms with Crippen LogP contribution in [0.1, 0.15) is 23.0 Å². The highest BCUT2D eigenvalue weighted by Gasteiger charge is 2.32. The number of nitrogens with one attached hydrogen (secondary N) is 3. The first-order valence-electron chi connectivity index (χ1n) is 8.83. The molecule has 8 heteroatoms. The number of rotatable bonds is 6. The minimum Gasteiger partial charge on any atom is -0.477 e. The first kappa shape index (κ1) is 19.3. The largest absolute Gasteiger partial charge is 0.477 e. The van der Waals surface area contributed by atoms with Gasteiger partial charge >= 0.3 is 5.97 Å². The van der Waals surface area contributed by atoms with Crippen LogP contribution >= 0.6 is 0 Å². The number of hydrogen-bond acceptors (Lipinski definition) is 4. The van der Waals surface area contributed by atoms with Gasteiger partial charge in [0.2, 0.25) is 0 Å². The third-order valence-corrected chi connectivity index (χ3v) is 4.69. The van der Waals surface area contributed by atoms with Crippen LogP contribution in [0.5, 0.6) is 0 Å². The van der Waals surface area contributed by atoms with Crippen molar-refractivity contribution in [2.24, 2.45) is 5.92 Å². The van der Waals surface area contributed by atoms with Gasteiger partial charge in [0.15, 0.2) is 0 Å². The van der Waals surface area contributed by atoms with Crippen LogP contribution in [0.4, 0.5) is 4.39 Å². The molecule has 0 bridgehead atoms. The molecule has 28 heavy (non-hydrogen) atoms. The normalized spacial score (nSPS) is 16.8. The lowest BCUT2D eigenvalue weighted by Crippen LogP contribution is -2.45. The Hall–Kier alpha value is -3.42. The lowest BCUT2D eigenvalue weighted by Gasteiger charge is -2.35. The molecule has 1 atom stereocenters. The zero-order chi connectivity index (χ0) is 20.3. The molecule has 0 spiro atoms. The van der Waals surface area contributed by atoms with Crippen molar-refractivity contribution in [3.05, 3.63) is 70.9 Å². The molecule has 0 aliphatic carbocycles. The minimum absolute atomic E-state index is 0.0269. The minimum atomic E-state index is -1.35. The smallest absolute Gasteiger partial charge is 0.354 e. The Labute approximate surface area is 161 Å². The molecular formula is C20H21FN4O3. The average molecular weight is 384 g/mol. The number of nitrogens with zero attached hydrogens (tertiary/aromatic N) is 1. The second-order valence-corrected chi connectivity index (χ2v) is 6.72. The molecule has 0 radical (unpaired) electrons. The number of amides is 1. The third-order valence-electron chi connectivity index (χ3n) is 4.69. The van der Waals surface area contributed by atoms with Gasteiger partial charge in [-0.3, -0.25) is 10.2 Å². The Morgan fingerprint density at radius 1 is 1.32 bits per heavy atom. The molecule has 1 aliphatic heterocycles. The molecular weight excluding hydrogens is 363 g/mol. The molecule has 1 unspecified atom stereocenters. The van der Waals surface area contributed by atoms with E-state index in [1.54, 1.807) is 30.5 Å². The van der Waals surface area contributed by atoms with Gasteiger partial charge < -0.3 is 20.3 Å². The third kappa shape index (κ3) is 4.11. The van der Waals surface area contributed by atoms with Crippen molar-refractivity contribution in [3.63, 3.8) is 0 Å². The van der Waals surface area contributed by atoms with Crippen molar-refractivity contribution in [3.8, 4) is 0 Å². The standard InChI is InChI=1S/C20H21FN4O3/c1-12-10-25(19(26)16-3-2-8-23-16)11-15(17(22)20(27)28)18(12)24-9-13-4-6-14(21)7-5-13/h2-8,12,22-24H,9-11H2,1H3,(H,27,28). The summed E-state index contributed by atoms with van der Waals surface area (Å²) in [6.07, 6.45) is 1.65. The van der Waals surface area contributed by atoms with Gasteiger partial charge in [0.05, 0.1) is 6.54 Å². The zero-order valence-electron chi connectivity index (χ0n) is 15.3. The number of benzene rings is 1. The number of carboxylic acid groups (broad SMARTS) is 1. The van der Waals surface area contributed by atoms with Crippen LogP contribution in [0.15, 0.2) is 53.9 Å². The van der Waals surface area contributed by atoms with Gasteiger partial charge in [0.25, 0.3) is 5.91 Å². The zero-order valence-corrected chi connectivity index (χ0v) is 15.3. The van der Waals surface area contributed by atoms with Crippen LogP contribution in [-0.4, -0.2) is 45.7 Å². The summed E-state index contributed by atoms with van der Waals surface area (Å²) in [6, 6.07) is 9.35. The molecule has 1 aromatic carbocycles. The number of hydrogen-bond donors (Lipinski definition) is 4. The molecule has 146 valence electrons. The number of carbonyl (C=O) groups excluding carboxylic acids is 1. The van der Waals surface area contributed by atoms with Gasteiger partial charge in [-0.05, 0) is 29.8 Å². The summed E-state index contributed by atoms with van der Waals surface area (Å²) in [5.74, 6) is -2.12. The monoisotopic (exact) mass is 384 g/mol. The van der Waals surface area contributed by atoms with Crippen LogP contribution in [0.3, 0.4) is 0 Å². The molecule has 2 aromatic rings. The maximum atomic E-state index is 13.1. The summed E-state index contributed by atoms with van der Waals surface area (Å²) < 4.78 is 13.1. The van der Waals surface area contributed by atoms with E-state index in [0.717, 1.165) is 5.56 Å². The fourth-order valence-corrected chi connectivity index (χ4v) is 3.27. The number of halogens is 1. The number of aromatic amines is 1. The molecule has 0 saturated heterocycles. The van der Waals surface area contributed by atoms with Crippen LogP contribution < -0.4 is 5.32 Å². The van der Waals surface area contributed by atoms with Gasteiger partial charge in [0, 0.05) is 36.5 Å². The van der Waals surface area contributed by atoms with Crippen molar-refractivity contribution in [2.75, 3.05) is 13.1 Å². The van der Waals surface area contributed by atoms with E-state index in [-0.39, 0.29) is 29.8 Å². The summed E-state index contributed by atoms with van der Waals surface area (Å²) in [6.45, 7) is 2.65. The summed E-state index contributed by atoms with van der Waals surface area (Å²) in [7, 11) is 0. The van der Waals surface area contributed by atoms with E-state index < -0.39 is 11.7 Å². The van der Waals surface area contributed by atoms with Crippen LogP contribution in [0.25, 0.3) is 0 Å². The molecule has 3 rings (SSSR count). The average Bonchev–Trinajstić information content (AvgIpc) is 3.21. The predicted octanol–water partition coefficient (Wildman–Crippen LogP) is 2.39. The molecule has 7 nitrogen and oxygen atoms in total. The molecule has 0 fully saturated rings. The van der Waals surface area contributed by atoms with E-state index in [4.69, 9.17) is 5.41 Å². The van der Waals surface area contributed by atoms with E-state index in [1.165, 1.54) is 17.0 Å². The first-order chi connectivity index (χ1) is 13.4. The topological polar surface area (TPSA) is 109 Å². The van der Waals surface area contributed by atoms with Gasteiger partial charge in [-0.25, -0.2) is 9.18 Å². The Morgan fingerprint density at radius 3 is 2.64 bits per heavy atom. The number of aromatic nitrogens is 1. The Kier molecular flexibility index (Phi) is 5.58. The summed E-state index contributed by atoms with van der Waals surface area (Å²) in [4.78, 5) is 28.5. The highest BCUT2D eigenvalue weighted by Crippen LogP contribution is 2.24. The van der Waals surface area contributed by atoms with E-state index in [1.807, 2.05) is 6.92 Å². The van der Waals surface area contributed by atoms with Crippen LogP contribution in [-0.2, 0) is 11.3 Å². The summed E-state index contributed by atoms with van der Waals surface area (Å²) >= 11 is 0. The SMILES string of the molecule is CC1CN(C(=O)c2ccc[nH]2)CC(C(=N)C(=O)O)=C1NCc1ccc(F)cc1. The quantitative estimate of drug-likeness (QED) is 0.573. The van der Waals surface area contributed by atoms with Gasteiger partial charge in [0.1, 0.15) is 17.2 Å². The fourth-order valence-electron chi connectivity index (χ4n) is 3.27. The molecule has 4 N–H and O–H groups in total. The lowest BCUT2D eigenvalue weighted by molar-refractivity contribution is -0.129. The van der Waals surface area contributed by atoms with Crippen molar-refractivity contribution in [1.82, 2.24) is 15.2 Å². The number of carbonyl (C=O) groups is 2. The first-order valence-corrected chi connectivity index (χ1v) is 8.83. The maximum Gasteiger partial charge on any atom is 0.354 e. The van der Waals surface area contributed by atoms with Crippen LogP contribution in [0, 0.1) is 17.1 Å². The van der Waals surface area contributed by atoms with Crippen molar-refractivity contribution >= 4 is 17.6 Å². The second kappa shape index (κ2) is 8.08. The fraction of sp³-hybridized carbons (Fsp3) is 0.250. The number of H-pyrrole nitrogens is 1. The Bertz CT molecular complexity index is 919. The Morgan fingerprint density at radius 2 is 2.04 bits per heavy atom.